The van der Waals surface area contributed by atoms with Gasteiger partial charge in [-0.25, -0.2) is 18.7 Å². The molecule has 0 amide bonds. The number of carbonyl (C=O) groups excluding carboxylic acids is 1. The molecule has 0 spiro atoms. The standard InChI is InChI=1S/C11H11Cl2F2N3O/c1-10(8(13)19)2-3-18(6-11(10,14)15)9-16-4-7(12)5-17-9/h4-5H,2-3,6H2,1H3. The van der Waals surface area contributed by atoms with E-state index in [0.717, 1.165) is 0 Å². The molecule has 1 unspecified atom stereocenters. The lowest BCUT2D eigenvalue weighted by molar-refractivity contribution is -0.151. The summed E-state index contributed by atoms with van der Waals surface area (Å²) in [6, 6.07) is 0. The van der Waals surface area contributed by atoms with E-state index in [-0.39, 0.29) is 18.9 Å². The van der Waals surface area contributed by atoms with E-state index >= 15 is 0 Å². The van der Waals surface area contributed by atoms with Crippen molar-refractivity contribution in [2.75, 3.05) is 18.0 Å². The van der Waals surface area contributed by atoms with Gasteiger partial charge in [-0.1, -0.05) is 11.6 Å². The summed E-state index contributed by atoms with van der Waals surface area (Å²) in [6.07, 6.45) is 2.61. The molecule has 0 radical (unpaired) electrons. The van der Waals surface area contributed by atoms with Gasteiger partial charge in [-0.2, -0.15) is 0 Å². The maximum Gasteiger partial charge on any atom is 0.278 e. The molecule has 1 atom stereocenters. The Labute approximate surface area is 118 Å². The highest BCUT2D eigenvalue weighted by atomic mass is 35.5. The average molecular weight is 310 g/mol. The smallest absolute Gasteiger partial charge is 0.278 e. The van der Waals surface area contributed by atoms with E-state index in [2.05, 4.69) is 9.97 Å². The number of nitrogens with zero attached hydrogens (tertiary/aromatic N) is 3. The van der Waals surface area contributed by atoms with Crippen LogP contribution in [0.25, 0.3) is 0 Å². The fraction of sp³-hybridized carbons (Fsp3) is 0.545. The number of halogens is 4. The van der Waals surface area contributed by atoms with Gasteiger partial charge >= 0.3 is 0 Å². The molecule has 2 rings (SSSR count). The van der Waals surface area contributed by atoms with E-state index in [1.807, 2.05) is 0 Å². The first kappa shape index (κ1) is 14.4. The van der Waals surface area contributed by atoms with Crippen LogP contribution < -0.4 is 4.90 Å². The molecular weight excluding hydrogens is 299 g/mol. The summed E-state index contributed by atoms with van der Waals surface area (Å²) in [4.78, 5) is 20.3. The SMILES string of the molecule is CC1(C(=O)Cl)CCN(c2ncc(Cl)cn2)CC1(F)F. The molecule has 1 aliphatic rings. The Balaban J connectivity index is 2.23. The van der Waals surface area contributed by atoms with Crippen LogP contribution in [0.3, 0.4) is 0 Å². The molecule has 104 valence electrons. The molecule has 1 aromatic heterocycles. The molecule has 0 saturated carbocycles. The maximum atomic E-state index is 14.1. The van der Waals surface area contributed by atoms with Gasteiger partial charge in [0.2, 0.25) is 11.2 Å². The van der Waals surface area contributed by atoms with Crippen molar-refractivity contribution >= 4 is 34.4 Å². The van der Waals surface area contributed by atoms with Crippen LogP contribution in [0.15, 0.2) is 12.4 Å². The first-order valence-corrected chi connectivity index (χ1v) is 6.32. The van der Waals surface area contributed by atoms with E-state index < -0.39 is 23.1 Å². The first-order valence-electron chi connectivity index (χ1n) is 5.56. The normalized spacial score (nSPS) is 26.3. The van der Waals surface area contributed by atoms with Crippen LogP contribution in [0.5, 0.6) is 0 Å². The number of carbonyl (C=O) groups is 1. The van der Waals surface area contributed by atoms with Gasteiger partial charge < -0.3 is 4.90 Å². The highest BCUT2D eigenvalue weighted by Crippen LogP contribution is 2.45. The van der Waals surface area contributed by atoms with Crippen LogP contribution in [0.4, 0.5) is 14.7 Å². The van der Waals surface area contributed by atoms with E-state index in [0.29, 0.717) is 5.02 Å². The Morgan fingerprint density at radius 1 is 1.42 bits per heavy atom. The third-order valence-electron chi connectivity index (χ3n) is 3.40. The number of anilines is 1. The zero-order chi connectivity index (χ0) is 14.3. The second kappa shape index (κ2) is 4.83. The molecule has 2 heterocycles. The minimum Gasteiger partial charge on any atom is -0.335 e. The second-order valence-electron chi connectivity index (χ2n) is 4.68. The predicted octanol–water partition coefficient (Wildman–Crippen LogP) is 2.75. The van der Waals surface area contributed by atoms with Gasteiger partial charge in [0.1, 0.15) is 5.41 Å². The summed E-state index contributed by atoms with van der Waals surface area (Å²) < 4.78 is 28.2. The van der Waals surface area contributed by atoms with Crippen molar-refractivity contribution in [1.82, 2.24) is 9.97 Å². The van der Waals surface area contributed by atoms with Crippen LogP contribution >= 0.6 is 23.2 Å². The minimum atomic E-state index is -3.24. The quantitative estimate of drug-likeness (QED) is 0.788. The fourth-order valence-electron chi connectivity index (χ4n) is 1.92. The number of alkyl halides is 2. The van der Waals surface area contributed by atoms with E-state index in [1.165, 1.54) is 24.2 Å². The van der Waals surface area contributed by atoms with Crippen LogP contribution in [-0.4, -0.2) is 34.2 Å². The van der Waals surface area contributed by atoms with Crippen LogP contribution in [0.2, 0.25) is 5.02 Å². The zero-order valence-electron chi connectivity index (χ0n) is 10.0. The van der Waals surface area contributed by atoms with Crippen molar-refractivity contribution in [2.24, 2.45) is 5.41 Å². The summed E-state index contributed by atoms with van der Waals surface area (Å²) in [7, 11) is 0. The van der Waals surface area contributed by atoms with Gasteiger partial charge in [-0.05, 0) is 24.9 Å². The number of aromatic nitrogens is 2. The average Bonchev–Trinajstić information content (AvgIpc) is 2.33. The Morgan fingerprint density at radius 2 is 2.00 bits per heavy atom. The van der Waals surface area contributed by atoms with Gasteiger partial charge in [0, 0.05) is 6.54 Å². The number of hydrogen-bond donors (Lipinski definition) is 0. The molecule has 0 bridgehead atoms. The van der Waals surface area contributed by atoms with Crippen LogP contribution in [0, 0.1) is 5.41 Å². The summed E-state index contributed by atoms with van der Waals surface area (Å²) in [5.74, 6) is -3.08. The molecule has 1 aliphatic heterocycles. The summed E-state index contributed by atoms with van der Waals surface area (Å²) in [5, 5.41) is -0.692. The van der Waals surface area contributed by atoms with Gasteiger partial charge in [-0.15, -0.1) is 0 Å². The molecule has 1 aromatic rings. The summed E-state index contributed by atoms with van der Waals surface area (Å²) >= 11 is 11.0. The van der Waals surface area contributed by atoms with Gasteiger partial charge in [0.15, 0.2) is 0 Å². The Morgan fingerprint density at radius 3 is 2.47 bits per heavy atom. The maximum absolute atomic E-state index is 14.1. The van der Waals surface area contributed by atoms with Gasteiger partial charge in [0.25, 0.3) is 5.92 Å². The van der Waals surface area contributed by atoms with E-state index in [1.54, 1.807) is 0 Å². The van der Waals surface area contributed by atoms with Crippen molar-refractivity contribution in [3.05, 3.63) is 17.4 Å². The Kier molecular flexibility index (Phi) is 3.66. The molecule has 0 aromatic carbocycles. The third kappa shape index (κ3) is 2.51. The van der Waals surface area contributed by atoms with Crippen molar-refractivity contribution in [3.8, 4) is 0 Å². The number of hydrogen-bond acceptors (Lipinski definition) is 4. The lowest BCUT2D eigenvalue weighted by Crippen LogP contribution is -2.57. The Bertz CT molecular complexity index is 497. The number of piperidine rings is 1. The van der Waals surface area contributed by atoms with Gasteiger partial charge in [0.05, 0.1) is 24.0 Å². The second-order valence-corrected chi connectivity index (χ2v) is 5.46. The molecule has 19 heavy (non-hydrogen) atoms. The highest BCUT2D eigenvalue weighted by molar-refractivity contribution is 6.64. The minimum absolute atomic E-state index is 0.0612. The van der Waals surface area contributed by atoms with Crippen LogP contribution in [0.1, 0.15) is 13.3 Å². The topological polar surface area (TPSA) is 46.1 Å². The van der Waals surface area contributed by atoms with Crippen LogP contribution in [-0.2, 0) is 4.79 Å². The van der Waals surface area contributed by atoms with Crippen molar-refractivity contribution in [3.63, 3.8) is 0 Å². The summed E-state index contributed by atoms with van der Waals surface area (Å²) in [5.41, 5.74) is -1.85. The monoisotopic (exact) mass is 309 g/mol. The molecule has 1 fully saturated rings. The summed E-state index contributed by atoms with van der Waals surface area (Å²) in [6.45, 7) is 0.762. The molecule has 1 saturated heterocycles. The molecule has 0 N–H and O–H groups in total. The molecule has 0 aliphatic carbocycles. The van der Waals surface area contributed by atoms with Crippen molar-refractivity contribution in [2.45, 2.75) is 19.3 Å². The lowest BCUT2D eigenvalue weighted by Gasteiger charge is -2.43. The lowest BCUT2D eigenvalue weighted by atomic mass is 9.78. The first-order chi connectivity index (χ1) is 8.76. The van der Waals surface area contributed by atoms with E-state index in [9.17, 15) is 13.6 Å². The van der Waals surface area contributed by atoms with Crippen molar-refractivity contribution in [1.29, 1.82) is 0 Å². The molecular formula is C11H11Cl2F2N3O. The zero-order valence-corrected chi connectivity index (χ0v) is 11.5. The predicted molar refractivity (Wildman–Crippen MR) is 67.8 cm³/mol. The molecule has 4 nitrogen and oxygen atoms in total. The van der Waals surface area contributed by atoms with Gasteiger partial charge in [-0.3, -0.25) is 4.79 Å². The third-order valence-corrected chi connectivity index (χ3v) is 4.01. The van der Waals surface area contributed by atoms with E-state index in [4.69, 9.17) is 23.2 Å². The highest BCUT2D eigenvalue weighted by Gasteiger charge is 2.58. The number of rotatable bonds is 2. The Hall–Kier alpha value is -1.01. The molecule has 8 heteroatoms. The van der Waals surface area contributed by atoms with Crippen molar-refractivity contribution < 1.29 is 13.6 Å². The fourth-order valence-corrected chi connectivity index (χ4v) is 2.25. The largest absolute Gasteiger partial charge is 0.335 e.